The first-order valence-corrected chi connectivity index (χ1v) is 11.2. The van der Waals surface area contributed by atoms with E-state index in [0.717, 1.165) is 33.4 Å². The fourth-order valence-corrected chi connectivity index (χ4v) is 3.95. The molecule has 1 amide bonds. The Morgan fingerprint density at radius 3 is 1.94 bits per heavy atom. The van der Waals surface area contributed by atoms with Crippen LogP contribution in [-0.4, -0.2) is 11.0 Å². The summed E-state index contributed by atoms with van der Waals surface area (Å²) in [5.41, 5.74) is 3.95. The predicted octanol–water partition coefficient (Wildman–Crippen LogP) is 7.65. The fraction of sp³-hybridized carbons (Fsp3) is 0.276. The van der Waals surface area contributed by atoms with Crippen molar-refractivity contribution in [1.29, 1.82) is 0 Å². The maximum atomic E-state index is 13.1. The van der Waals surface area contributed by atoms with Crippen molar-refractivity contribution in [3.8, 4) is 17.1 Å². The van der Waals surface area contributed by atoms with Crippen LogP contribution in [0.3, 0.4) is 0 Å². The van der Waals surface area contributed by atoms with E-state index in [1.54, 1.807) is 12.1 Å². The fourth-order valence-electron chi connectivity index (χ4n) is 3.95. The highest BCUT2D eigenvalue weighted by Crippen LogP contribution is 2.40. The number of furan rings is 1. The van der Waals surface area contributed by atoms with Crippen molar-refractivity contribution in [2.75, 3.05) is 5.32 Å². The zero-order valence-corrected chi connectivity index (χ0v) is 20.1. The Kier molecular flexibility index (Phi) is 5.57. The van der Waals surface area contributed by atoms with Crippen LogP contribution >= 0.6 is 0 Å². The summed E-state index contributed by atoms with van der Waals surface area (Å²) >= 11 is 0. The number of anilines is 1. The Morgan fingerprint density at radius 2 is 1.39 bits per heavy atom. The molecule has 4 aromatic rings. The number of aromatic hydroxyl groups is 1. The molecule has 0 saturated carbocycles. The van der Waals surface area contributed by atoms with E-state index in [0.29, 0.717) is 11.3 Å². The molecule has 0 radical (unpaired) electrons. The summed E-state index contributed by atoms with van der Waals surface area (Å²) in [6.07, 6.45) is 0. The molecule has 0 spiro atoms. The quantitative estimate of drug-likeness (QED) is 0.343. The Morgan fingerprint density at radius 1 is 0.818 bits per heavy atom. The van der Waals surface area contributed by atoms with Gasteiger partial charge < -0.3 is 14.8 Å². The SMILES string of the molecule is CC(C)(C)c1cc(C(=O)Nc2ccc(-c3cc4ccccc4o3)cc2)cc(C(C)(C)C)c1O. The summed E-state index contributed by atoms with van der Waals surface area (Å²) in [5, 5.41) is 15.0. The topological polar surface area (TPSA) is 62.5 Å². The molecule has 0 unspecified atom stereocenters. The highest BCUT2D eigenvalue weighted by molar-refractivity contribution is 6.05. The molecule has 1 heterocycles. The molecule has 0 atom stereocenters. The van der Waals surface area contributed by atoms with Gasteiger partial charge in [0.2, 0.25) is 0 Å². The van der Waals surface area contributed by atoms with Gasteiger partial charge in [-0.05, 0) is 59.4 Å². The summed E-state index contributed by atoms with van der Waals surface area (Å²) in [6.45, 7) is 12.2. The number of benzene rings is 3. The Hall–Kier alpha value is -3.53. The van der Waals surface area contributed by atoms with Gasteiger partial charge in [0.1, 0.15) is 17.1 Å². The van der Waals surface area contributed by atoms with Crippen LogP contribution in [0.5, 0.6) is 5.75 Å². The van der Waals surface area contributed by atoms with Crippen LogP contribution in [0.1, 0.15) is 63.0 Å². The molecule has 33 heavy (non-hydrogen) atoms. The first kappa shape index (κ1) is 22.7. The molecule has 0 aliphatic carbocycles. The number of rotatable bonds is 3. The van der Waals surface area contributed by atoms with E-state index in [1.165, 1.54) is 0 Å². The number of hydrogen-bond acceptors (Lipinski definition) is 3. The average Bonchev–Trinajstić information content (AvgIpc) is 3.17. The number of fused-ring (bicyclic) bond motifs is 1. The second-order valence-corrected chi connectivity index (χ2v) is 10.6. The lowest BCUT2D eigenvalue weighted by Crippen LogP contribution is -2.20. The van der Waals surface area contributed by atoms with Crippen LogP contribution in [0.15, 0.2) is 71.1 Å². The van der Waals surface area contributed by atoms with Gasteiger partial charge >= 0.3 is 0 Å². The third-order valence-electron chi connectivity index (χ3n) is 5.84. The van der Waals surface area contributed by atoms with Crippen molar-refractivity contribution in [1.82, 2.24) is 0 Å². The molecule has 0 bridgehead atoms. The van der Waals surface area contributed by atoms with Gasteiger partial charge in [-0.1, -0.05) is 59.7 Å². The summed E-state index contributed by atoms with van der Waals surface area (Å²) in [5.74, 6) is 0.849. The molecule has 0 aliphatic heterocycles. The van der Waals surface area contributed by atoms with Gasteiger partial charge in [-0.2, -0.15) is 0 Å². The molecule has 4 rings (SSSR count). The highest BCUT2D eigenvalue weighted by Gasteiger charge is 2.27. The van der Waals surface area contributed by atoms with Crippen molar-refractivity contribution in [2.45, 2.75) is 52.4 Å². The van der Waals surface area contributed by atoms with Crippen molar-refractivity contribution in [3.63, 3.8) is 0 Å². The zero-order valence-electron chi connectivity index (χ0n) is 20.1. The summed E-state index contributed by atoms with van der Waals surface area (Å²) < 4.78 is 5.93. The molecule has 0 aliphatic rings. The van der Waals surface area contributed by atoms with Crippen molar-refractivity contribution in [3.05, 3.63) is 83.4 Å². The van der Waals surface area contributed by atoms with E-state index in [4.69, 9.17) is 4.42 Å². The molecule has 4 heteroatoms. The Labute approximate surface area is 195 Å². The molecule has 0 fully saturated rings. The molecule has 0 saturated heterocycles. The summed E-state index contributed by atoms with van der Waals surface area (Å²) in [7, 11) is 0. The van der Waals surface area contributed by atoms with Gasteiger partial charge in [0.15, 0.2) is 0 Å². The van der Waals surface area contributed by atoms with Gasteiger partial charge in [0.25, 0.3) is 5.91 Å². The lowest BCUT2D eigenvalue weighted by Gasteiger charge is -2.28. The van der Waals surface area contributed by atoms with Crippen LogP contribution in [0, 0.1) is 0 Å². The second-order valence-electron chi connectivity index (χ2n) is 10.6. The van der Waals surface area contributed by atoms with Crippen LogP contribution < -0.4 is 5.32 Å². The number of carbonyl (C=O) groups is 1. The van der Waals surface area contributed by atoms with Crippen LogP contribution in [-0.2, 0) is 10.8 Å². The summed E-state index contributed by atoms with van der Waals surface area (Å²) in [6, 6.07) is 21.1. The number of carbonyl (C=O) groups excluding carboxylic acids is 1. The predicted molar refractivity (Wildman–Crippen MR) is 135 cm³/mol. The number of para-hydroxylation sites is 1. The molecule has 1 aromatic heterocycles. The van der Waals surface area contributed by atoms with E-state index in [2.05, 4.69) is 5.32 Å². The number of phenols is 1. The van der Waals surface area contributed by atoms with Crippen LogP contribution in [0.2, 0.25) is 0 Å². The zero-order chi connectivity index (χ0) is 24.0. The minimum absolute atomic E-state index is 0.206. The molecule has 4 nitrogen and oxygen atoms in total. The molecular weight excluding hydrogens is 410 g/mol. The van der Waals surface area contributed by atoms with Gasteiger partial charge in [-0.15, -0.1) is 0 Å². The Bertz CT molecular complexity index is 1250. The van der Waals surface area contributed by atoms with Crippen molar-refractivity contribution < 1.29 is 14.3 Å². The molecule has 2 N–H and O–H groups in total. The molecule has 170 valence electrons. The Balaban J connectivity index is 1.61. The molecule has 3 aromatic carbocycles. The minimum atomic E-state index is -0.297. The first-order valence-electron chi connectivity index (χ1n) is 11.2. The number of phenolic OH excluding ortho intramolecular Hbond substituents is 1. The first-order chi connectivity index (χ1) is 15.4. The second kappa shape index (κ2) is 8.11. The number of amides is 1. The third kappa shape index (κ3) is 4.65. The van der Waals surface area contributed by atoms with Gasteiger partial charge in [0, 0.05) is 33.3 Å². The van der Waals surface area contributed by atoms with Crippen molar-refractivity contribution in [2.24, 2.45) is 0 Å². The van der Waals surface area contributed by atoms with Crippen LogP contribution in [0.25, 0.3) is 22.3 Å². The maximum absolute atomic E-state index is 13.1. The third-order valence-corrected chi connectivity index (χ3v) is 5.84. The standard InChI is InChI=1S/C29H31NO3/c1-28(2,3)22-15-20(16-23(26(22)31)29(4,5)6)27(32)30-21-13-11-18(12-14-21)25-17-19-9-7-8-10-24(19)33-25/h7-17,31H,1-6H3,(H,30,32). The van der Waals surface area contributed by atoms with E-state index < -0.39 is 0 Å². The minimum Gasteiger partial charge on any atom is -0.507 e. The number of nitrogens with one attached hydrogen (secondary N) is 1. The lowest BCUT2D eigenvalue weighted by atomic mass is 9.78. The summed E-state index contributed by atoms with van der Waals surface area (Å²) in [4.78, 5) is 13.1. The van der Waals surface area contributed by atoms with E-state index in [-0.39, 0.29) is 22.5 Å². The average molecular weight is 442 g/mol. The monoisotopic (exact) mass is 441 g/mol. The van der Waals surface area contributed by atoms with Gasteiger partial charge in [0.05, 0.1) is 0 Å². The smallest absolute Gasteiger partial charge is 0.255 e. The van der Waals surface area contributed by atoms with E-state index >= 15 is 0 Å². The normalized spacial score (nSPS) is 12.2. The molecular formula is C29H31NO3. The van der Waals surface area contributed by atoms with Gasteiger partial charge in [-0.25, -0.2) is 0 Å². The largest absolute Gasteiger partial charge is 0.507 e. The van der Waals surface area contributed by atoms with Crippen LogP contribution in [0.4, 0.5) is 5.69 Å². The lowest BCUT2D eigenvalue weighted by molar-refractivity contribution is 0.102. The van der Waals surface area contributed by atoms with E-state index in [1.807, 2.05) is 96.1 Å². The number of hydrogen-bond donors (Lipinski definition) is 2. The van der Waals surface area contributed by atoms with E-state index in [9.17, 15) is 9.90 Å². The van der Waals surface area contributed by atoms with Crippen molar-refractivity contribution >= 4 is 22.6 Å². The highest BCUT2D eigenvalue weighted by atomic mass is 16.3. The maximum Gasteiger partial charge on any atom is 0.255 e. The van der Waals surface area contributed by atoms with Gasteiger partial charge in [-0.3, -0.25) is 4.79 Å².